The Morgan fingerprint density at radius 2 is 1.80 bits per heavy atom. The number of amides is 3. The van der Waals surface area contributed by atoms with E-state index in [0.717, 1.165) is 19.3 Å². The molecule has 0 aliphatic rings. The van der Waals surface area contributed by atoms with Crippen LogP contribution in [0, 0.1) is 5.92 Å². The van der Waals surface area contributed by atoms with Gasteiger partial charge in [-0.15, -0.1) is 0 Å². The van der Waals surface area contributed by atoms with Crippen LogP contribution in [0.2, 0.25) is 0 Å². The van der Waals surface area contributed by atoms with Gasteiger partial charge in [-0.25, -0.2) is 9.59 Å². The van der Waals surface area contributed by atoms with Gasteiger partial charge in [-0.2, -0.15) is 0 Å². The lowest BCUT2D eigenvalue weighted by atomic mass is 10.1. The highest BCUT2D eigenvalue weighted by Crippen LogP contribution is 2.05. The number of aliphatic carboxylic acids is 1. The molecule has 116 valence electrons. The lowest BCUT2D eigenvalue weighted by molar-refractivity contribution is -0.139. The van der Waals surface area contributed by atoms with Gasteiger partial charge in [0.15, 0.2) is 0 Å². The molecule has 0 bridgehead atoms. The van der Waals surface area contributed by atoms with Crippen LogP contribution in [0.25, 0.3) is 0 Å². The van der Waals surface area contributed by atoms with E-state index in [1.807, 2.05) is 0 Å². The predicted octanol–water partition coefficient (Wildman–Crippen LogP) is 0.831. The van der Waals surface area contributed by atoms with Crippen LogP contribution < -0.4 is 16.4 Å². The number of carboxylic acid groups (broad SMARTS) is 1. The number of nitrogens with one attached hydrogen (secondary N) is 2. The van der Waals surface area contributed by atoms with E-state index in [0.29, 0.717) is 12.5 Å². The highest BCUT2D eigenvalue weighted by Gasteiger charge is 2.20. The van der Waals surface area contributed by atoms with Gasteiger partial charge < -0.3 is 21.5 Å². The fourth-order valence-electron chi connectivity index (χ4n) is 1.63. The van der Waals surface area contributed by atoms with E-state index in [1.54, 1.807) is 0 Å². The van der Waals surface area contributed by atoms with Gasteiger partial charge in [-0.1, -0.05) is 26.7 Å². The number of primary amides is 1. The molecule has 7 nitrogen and oxygen atoms in total. The van der Waals surface area contributed by atoms with Crippen molar-refractivity contribution in [2.45, 2.75) is 52.0 Å². The SMILES string of the molecule is CC(C)CCCCNC(=O)N[C@H](CCC(N)=O)C(=O)O. The molecule has 0 saturated carbocycles. The van der Waals surface area contributed by atoms with E-state index in [1.165, 1.54) is 0 Å². The molecule has 20 heavy (non-hydrogen) atoms. The van der Waals surface area contributed by atoms with Crippen LogP contribution in [-0.4, -0.2) is 35.6 Å². The van der Waals surface area contributed by atoms with Crippen molar-refractivity contribution in [2.75, 3.05) is 6.54 Å². The standard InChI is InChI=1S/C13H25N3O4/c1-9(2)5-3-4-8-15-13(20)16-10(12(18)19)6-7-11(14)17/h9-10H,3-8H2,1-2H3,(H2,14,17)(H,18,19)(H2,15,16,20)/t10-/m1/s1. The number of carbonyl (C=O) groups excluding carboxylic acids is 2. The Hall–Kier alpha value is -1.79. The summed E-state index contributed by atoms with van der Waals surface area (Å²) in [6.07, 6.45) is 2.88. The Balaban J connectivity index is 3.89. The van der Waals surface area contributed by atoms with Gasteiger partial charge in [-0.3, -0.25) is 4.79 Å². The zero-order chi connectivity index (χ0) is 15.5. The highest BCUT2D eigenvalue weighted by molar-refractivity contribution is 5.83. The first-order valence-corrected chi connectivity index (χ1v) is 6.88. The summed E-state index contributed by atoms with van der Waals surface area (Å²) in [5.41, 5.74) is 4.95. The molecule has 0 heterocycles. The van der Waals surface area contributed by atoms with Crippen LogP contribution in [0.5, 0.6) is 0 Å². The van der Waals surface area contributed by atoms with Gasteiger partial charge in [0.1, 0.15) is 6.04 Å². The third kappa shape index (κ3) is 10.2. The molecule has 5 N–H and O–H groups in total. The Morgan fingerprint density at radius 1 is 1.15 bits per heavy atom. The number of urea groups is 1. The lowest BCUT2D eigenvalue weighted by Crippen LogP contribution is -2.46. The Kier molecular flexibility index (Phi) is 9.15. The van der Waals surface area contributed by atoms with E-state index < -0.39 is 23.9 Å². The molecular formula is C13H25N3O4. The first kappa shape index (κ1) is 18.2. The maximum atomic E-state index is 11.5. The number of carbonyl (C=O) groups is 3. The van der Waals surface area contributed by atoms with Gasteiger partial charge in [0.05, 0.1) is 0 Å². The molecule has 0 aliphatic heterocycles. The van der Waals surface area contributed by atoms with E-state index >= 15 is 0 Å². The Labute approximate surface area is 119 Å². The molecule has 0 saturated heterocycles. The molecule has 0 rings (SSSR count). The smallest absolute Gasteiger partial charge is 0.326 e. The summed E-state index contributed by atoms with van der Waals surface area (Å²) in [5.74, 6) is -1.14. The van der Waals surface area contributed by atoms with Gasteiger partial charge in [0.25, 0.3) is 0 Å². The van der Waals surface area contributed by atoms with Crippen molar-refractivity contribution >= 4 is 17.9 Å². The molecule has 0 unspecified atom stereocenters. The number of carboxylic acids is 1. The minimum Gasteiger partial charge on any atom is -0.480 e. The fraction of sp³-hybridized carbons (Fsp3) is 0.769. The maximum absolute atomic E-state index is 11.5. The zero-order valence-corrected chi connectivity index (χ0v) is 12.1. The van der Waals surface area contributed by atoms with Crippen molar-refractivity contribution < 1.29 is 19.5 Å². The second kappa shape index (κ2) is 10.1. The summed E-state index contributed by atoms with van der Waals surface area (Å²) in [7, 11) is 0. The monoisotopic (exact) mass is 287 g/mol. The molecule has 7 heteroatoms. The molecule has 0 radical (unpaired) electrons. The van der Waals surface area contributed by atoms with Crippen molar-refractivity contribution in [3.8, 4) is 0 Å². The van der Waals surface area contributed by atoms with E-state index in [-0.39, 0.29) is 12.8 Å². The third-order valence-corrected chi connectivity index (χ3v) is 2.78. The normalized spacial score (nSPS) is 11.9. The molecule has 0 aromatic rings. The van der Waals surface area contributed by atoms with E-state index in [2.05, 4.69) is 24.5 Å². The first-order chi connectivity index (χ1) is 9.32. The predicted molar refractivity (Wildman–Crippen MR) is 75.1 cm³/mol. The average Bonchev–Trinajstić information content (AvgIpc) is 2.32. The van der Waals surface area contributed by atoms with Crippen LogP contribution in [0.15, 0.2) is 0 Å². The highest BCUT2D eigenvalue weighted by atomic mass is 16.4. The van der Waals surface area contributed by atoms with Gasteiger partial charge in [-0.05, 0) is 18.8 Å². The molecular weight excluding hydrogens is 262 g/mol. The summed E-state index contributed by atoms with van der Waals surface area (Å²) in [4.78, 5) is 33.0. The van der Waals surface area contributed by atoms with Gasteiger partial charge in [0, 0.05) is 13.0 Å². The van der Waals surface area contributed by atoms with Crippen LogP contribution in [0.3, 0.4) is 0 Å². The molecule has 0 fully saturated rings. The van der Waals surface area contributed by atoms with Gasteiger partial charge in [0.2, 0.25) is 5.91 Å². The van der Waals surface area contributed by atoms with Crippen LogP contribution >= 0.6 is 0 Å². The summed E-state index contributed by atoms with van der Waals surface area (Å²) >= 11 is 0. The minimum atomic E-state index is -1.18. The number of hydrogen-bond acceptors (Lipinski definition) is 3. The largest absolute Gasteiger partial charge is 0.480 e. The molecule has 0 spiro atoms. The second-order valence-electron chi connectivity index (χ2n) is 5.19. The topological polar surface area (TPSA) is 122 Å². The average molecular weight is 287 g/mol. The van der Waals surface area contributed by atoms with Crippen LogP contribution in [-0.2, 0) is 9.59 Å². The zero-order valence-electron chi connectivity index (χ0n) is 12.1. The summed E-state index contributed by atoms with van der Waals surface area (Å²) < 4.78 is 0. The van der Waals surface area contributed by atoms with Crippen LogP contribution in [0.1, 0.15) is 46.0 Å². The first-order valence-electron chi connectivity index (χ1n) is 6.88. The molecule has 0 aromatic carbocycles. The van der Waals surface area contributed by atoms with E-state index in [9.17, 15) is 14.4 Å². The van der Waals surface area contributed by atoms with Gasteiger partial charge >= 0.3 is 12.0 Å². The molecule has 0 aliphatic carbocycles. The van der Waals surface area contributed by atoms with Crippen LogP contribution in [0.4, 0.5) is 4.79 Å². The quantitative estimate of drug-likeness (QED) is 0.444. The summed E-state index contributed by atoms with van der Waals surface area (Å²) in [6.45, 7) is 4.77. The number of unbranched alkanes of at least 4 members (excludes halogenated alkanes) is 1. The second-order valence-corrected chi connectivity index (χ2v) is 5.19. The Bertz CT molecular complexity index is 332. The molecule has 0 aromatic heterocycles. The van der Waals surface area contributed by atoms with E-state index in [4.69, 9.17) is 10.8 Å². The number of hydrogen-bond donors (Lipinski definition) is 4. The van der Waals surface area contributed by atoms with Crippen molar-refractivity contribution in [1.29, 1.82) is 0 Å². The fourth-order valence-corrected chi connectivity index (χ4v) is 1.63. The third-order valence-electron chi connectivity index (χ3n) is 2.78. The number of nitrogens with two attached hydrogens (primary N) is 1. The maximum Gasteiger partial charge on any atom is 0.326 e. The van der Waals surface area contributed by atoms with Crippen molar-refractivity contribution in [1.82, 2.24) is 10.6 Å². The molecule has 3 amide bonds. The minimum absolute atomic E-state index is 0.00850. The number of rotatable bonds is 10. The van der Waals surface area contributed by atoms with Crippen molar-refractivity contribution in [3.05, 3.63) is 0 Å². The lowest BCUT2D eigenvalue weighted by Gasteiger charge is -2.14. The van der Waals surface area contributed by atoms with Crippen molar-refractivity contribution in [3.63, 3.8) is 0 Å². The molecule has 1 atom stereocenters. The summed E-state index contributed by atoms with van der Waals surface area (Å²) in [6, 6.07) is -1.63. The Morgan fingerprint density at radius 3 is 2.30 bits per heavy atom. The van der Waals surface area contributed by atoms with Crippen molar-refractivity contribution in [2.24, 2.45) is 11.7 Å². The summed E-state index contributed by atoms with van der Waals surface area (Å²) in [5, 5.41) is 13.8.